The van der Waals surface area contributed by atoms with E-state index in [0.717, 1.165) is 22.6 Å². The number of carbonyl (C=O) groups is 1. The summed E-state index contributed by atoms with van der Waals surface area (Å²) in [6.45, 7) is 4.17. The Morgan fingerprint density at radius 2 is 1.68 bits per heavy atom. The summed E-state index contributed by atoms with van der Waals surface area (Å²) in [5, 5.41) is 5.02. The molecule has 3 aromatic rings. The maximum atomic E-state index is 12.4. The first-order valence-corrected chi connectivity index (χ1v) is 12.2. The first-order chi connectivity index (χ1) is 14.8. The number of sulfonamides is 1. The van der Waals surface area contributed by atoms with E-state index in [9.17, 15) is 13.2 Å². The van der Waals surface area contributed by atoms with Gasteiger partial charge in [-0.05, 0) is 65.5 Å². The molecule has 2 aromatic carbocycles. The standard InChI is InChI=1S/C21H22N4O3S3/c1-14(2)17-6-3-4-7-18(17)22-21(29)24-23-20(26)15-9-11-16(12-10-15)25-31(27,28)19-8-5-13-30-19/h3-14,25H,1-2H3,(H,23,26)(H2,22,24,29). The largest absolute Gasteiger partial charge is 0.331 e. The monoisotopic (exact) mass is 474 g/mol. The number of para-hydroxylation sites is 1. The number of nitrogens with one attached hydrogen (secondary N) is 4. The highest BCUT2D eigenvalue weighted by Crippen LogP contribution is 2.23. The Morgan fingerprint density at radius 3 is 2.32 bits per heavy atom. The predicted molar refractivity (Wildman–Crippen MR) is 129 cm³/mol. The van der Waals surface area contributed by atoms with E-state index >= 15 is 0 Å². The molecular formula is C21H22N4O3S3. The lowest BCUT2D eigenvalue weighted by Gasteiger charge is -2.16. The normalized spacial score (nSPS) is 11.1. The van der Waals surface area contributed by atoms with E-state index in [1.165, 1.54) is 30.3 Å². The van der Waals surface area contributed by atoms with E-state index < -0.39 is 15.9 Å². The number of rotatable bonds is 6. The van der Waals surface area contributed by atoms with Crippen molar-refractivity contribution in [3.63, 3.8) is 0 Å². The molecule has 0 bridgehead atoms. The first-order valence-electron chi connectivity index (χ1n) is 9.39. The minimum absolute atomic E-state index is 0.221. The summed E-state index contributed by atoms with van der Waals surface area (Å²) in [5.41, 5.74) is 7.89. The summed E-state index contributed by atoms with van der Waals surface area (Å²) in [5.74, 6) is -0.0918. The molecule has 0 unspecified atom stereocenters. The molecule has 7 nitrogen and oxygen atoms in total. The van der Waals surface area contributed by atoms with Crippen LogP contribution in [-0.4, -0.2) is 19.4 Å². The number of thiophene rings is 1. The van der Waals surface area contributed by atoms with Crippen LogP contribution in [0.15, 0.2) is 70.3 Å². The Morgan fingerprint density at radius 1 is 0.968 bits per heavy atom. The van der Waals surface area contributed by atoms with Crippen molar-refractivity contribution in [1.29, 1.82) is 0 Å². The lowest BCUT2D eigenvalue weighted by atomic mass is 10.0. The second-order valence-electron chi connectivity index (χ2n) is 6.89. The van der Waals surface area contributed by atoms with Crippen molar-refractivity contribution in [3.8, 4) is 0 Å². The van der Waals surface area contributed by atoms with Gasteiger partial charge in [0.2, 0.25) is 0 Å². The predicted octanol–water partition coefficient (Wildman–Crippen LogP) is 4.30. The minimum atomic E-state index is -3.63. The zero-order valence-corrected chi connectivity index (χ0v) is 19.3. The van der Waals surface area contributed by atoms with Crippen LogP contribution in [0.3, 0.4) is 0 Å². The third kappa shape index (κ3) is 6.03. The van der Waals surface area contributed by atoms with Crippen molar-refractivity contribution >= 4 is 56.0 Å². The molecule has 0 aliphatic heterocycles. The van der Waals surface area contributed by atoms with E-state index in [-0.39, 0.29) is 9.32 Å². The number of amides is 1. The van der Waals surface area contributed by atoms with Crippen molar-refractivity contribution in [2.75, 3.05) is 10.0 Å². The minimum Gasteiger partial charge on any atom is -0.331 e. The molecule has 0 saturated carbocycles. The summed E-state index contributed by atoms with van der Waals surface area (Å²) in [7, 11) is -3.63. The van der Waals surface area contributed by atoms with Crippen molar-refractivity contribution in [3.05, 3.63) is 77.2 Å². The Labute approximate surface area is 190 Å². The Balaban J connectivity index is 1.56. The second-order valence-corrected chi connectivity index (χ2v) is 10.2. The second kappa shape index (κ2) is 9.90. The van der Waals surface area contributed by atoms with E-state index in [1.54, 1.807) is 11.4 Å². The van der Waals surface area contributed by atoms with Gasteiger partial charge in [-0.15, -0.1) is 11.3 Å². The maximum Gasteiger partial charge on any atom is 0.271 e. The van der Waals surface area contributed by atoms with Gasteiger partial charge in [-0.3, -0.25) is 20.4 Å². The Kier molecular flexibility index (Phi) is 7.26. The molecule has 0 atom stereocenters. The van der Waals surface area contributed by atoms with Gasteiger partial charge in [0.1, 0.15) is 4.21 Å². The molecule has 1 heterocycles. The van der Waals surface area contributed by atoms with Crippen molar-refractivity contribution < 1.29 is 13.2 Å². The lowest BCUT2D eigenvalue weighted by Crippen LogP contribution is -2.43. The SMILES string of the molecule is CC(C)c1ccccc1NC(=S)NNC(=O)c1ccc(NS(=O)(=O)c2cccs2)cc1. The van der Waals surface area contributed by atoms with Gasteiger partial charge in [-0.25, -0.2) is 8.42 Å². The zero-order valence-electron chi connectivity index (χ0n) is 16.9. The highest BCUT2D eigenvalue weighted by atomic mass is 32.2. The Bertz CT molecular complexity index is 1160. The zero-order chi connectivity index (χ0) is 22.4. The summed E-state index contributed by atoms with van der Waals surface area (Å²) < 4.78 is 27.2. The van der Waals surface area contributed by atoms with Crippen LogP contribution in [0.4, 0.5) is 11.4 Å². The summed E-state index contributed by atoms with van der Waals surface area (Å²) in [6.07, 6.45) is 0. The fraction of sp³-hybridized carbons (Fsp3) is 0.143. The van der Waals surface area contributed by atoms with Crippen LogP contribution in [0, 0.1) is 0 Å². The van der Waals surface area contributed by atoms with E-state index in [0.29, 0.717) is 17.2 Å². The van der Waals surface area contributed by atoms with Gasteiger partial charge >= 0.3 is 0 Å². The number of anilines is 2. The smallest absolute Gasteiger partial charge is 0.271 e. The van der Waals surface area contributed by atoms with Crippen LogP contribution >= 0.6 is 23.6 Å². The fourth-order valence-corrected chi connectivity index (χ4v) is 4.98. The van der Waals surface area contributed by atoms with Gasteiger partial charge < -0.3 is 5.32 Å². The lowest BCUT2D eigenvalue weighted by molar-refractivity contribution is 0.0944. The van der Waals surface area contributed by atoms with Crippen molar-refractivity contribution in [1.82, 2.24) is 10.9 Å². The number of benzene rings is 2. The molecule has 0 spiro atoms. The van der Waals surface area contributed by atoms with Gasteiger partial charge in [0.05, 0.1) is 0 Å². The van der Waals surface area contributed by atoms with Crippen LogP contribution < -0.4 is 20.9 Å². The average molecular weight is 475 g/mol. The quantitative estimate of drug-likeness (QED) is 0.314. The van der Waals surface area contributed by atoms with Crippen molar-refractivity contribution in [2.45, 2.75) is 24.0 Å². The summed E-state index contributed by atoms with van der Waals surface area (Å²) in [6, 6.07) is 17.1. The van der Waals surface area contributed by atoms with E-state index in [1.807, 2.05) is 24.3 Å². The molecule has 1 aromatic heterocycles. The molecular weight excluding hydrogens is 452 g/mol. The molecule has 0 fully saturated rings. The van der Waals surface area contributed by atoms with Crippen LogP contribution in [0.2, 0.25) is 0 Å². The van der Waals surface area contributed by atoms with Gasteiger partial charge in [0.25, 0.3) is 15.9 Å². The van der Waals surface area contributed by atoms with Gasteiger partial charge in [-0.1, -0.05) is 38.1 Å². The van der Waals surface area contributed by atoms with Crippen LogP contribution in [0.25, 0.3) is 0 Å². The van der Waals surface area contributed by atoms with Crippen LogP contribution in [-0.2, 0) is 10.0 Å². The van der Waals surface area contributed by atoms with Crippen LogP contribution in [0.1, 0.15) is 35.7 Å². The fourth-order valence-electron chi connectivity index (χ4n) is 2.77. The first kappa shape index (κ1) is 22.7. The highest BCUT2D eigenvalue weighted by molar-refractivity contribution is 7.94. The molecule has 10 heteroatoms. The molecule has 4 N–H and O–H groups in total. The molecule has 31 heavy (non-hydrogen) atoms. The molecule has 3 rings (SSSR count). The molecule has 0 aliphatic carbocycles. The number of carbonyl (C=O) groups excluding carboxylic acids is 1. The Hall–Kier alpha value is -2.95. The molecule has 0 aliphatic rings. The molecule has 1 amide bonds. The molecule has 0 radical (unpaired) electrons. The van der Waals surface area contributed by atoms with Gasteiger partial charge in [-0.2, -0.15) is 0 Å². The summed E-state index contributed by atoms with van der Waals surface area (Å²) in [4.78, 5) is 12.4. The average Bonchev–Trinajstić information content (AvgIpc) is 3.28. The van der Waals surface area contributed by atoms with Crippen LogP contribution in [0.5, 0.6) is 0 Å². The van der Waals surface area contributed by atoms with E-state index in [4.69, 9.17) is 12.2 Å². The van der Waals surface area contributed by atoms with Crippen molar-refractivity contribution in [2.24, 2.45) is 0 Å². The number of thiocarbonyl (C=S) groups is 1. The topological polar surface area (TPSA) is 99.3 Å². The number of hydrogen-bond acceptors (Lipinski definition) is 5. The molecule has 0 saturated heterocycles. The summed E-state index contributed by atoms with van der Waals surface area (Å²) >= 11 is 6.39. The number of hydrazine groups is 1. The van der Waals surface area contributed by atoms with Gasteiger partial charge in [0, 0.05) is 16.9 Å². The maximum absolute atomic E-state index is 12.4. The van der Waals surface area contributed by atoms with Gasteiger partial charge in [0.15, 0.2) is 5.11 Å². The highest BCUT2D eigenvalue weighted by Gasteiger charge is 2.15. The third-order valence-corrected chi connectivity index (χ3v) is 7.26. The molecule has 162 valence electrons. The third-order valence-electron chi connectivity index (χ3n) is 4.28. The van der Waals surface area contributed by atoms with E-state index in [2.05, 4.69) is 34.7 Å². The number of hydrogen-bond donors (Lipinski definition) is 4.